The fraction of sp³-hybridized carbons (Fsp3) is 0.250. The van der Waals surface area contributed by atoms with E-state index in [2.05, 4.69) is 18.8 Å². The molecule has 2 rings (SSSR count). The summed E-state index contributed by atoms with van der Waals surface area (Å²) in [6, 6.07) is 4.00. The Morgan fingerprint density at radius 3 is 2.33 bits per heavy atom. The number of fused-ring (bicyclic) bond motifs is 1. The molecule has 0 aliphatic heterocycles. The second-order valence-corrected chi connectivity index (χ2v) is 3.94. The smallest absolute Gasteiger partial charge is 0.129 e. The zero-order valence-corrected chi connectivity index (χ0v) is 9.26. The summed E-state index contributed by atoms with van der Waals surface area (Å²) in [5.41, 5.74) is 16.8. The molecule has 0 saturated heterocycles. The quantitative estimate of drug-likeness (QED) is 0.687. The van der Waals surface area contributed by atoms with Gasteiger partial charge >= 0.3 is 0 Å². The van der Waals surface area contributed by atoms with Crippen LogP contribution in [0.2, 0.25) is 0 Å². The second kappa shape index (κ2) is 3.12. The van der Waals surface area contributed by atoms with E-state index in [0.29, 0.717) is 5.82 Å². The number of benzene rings is 1. The van der Waals surface area contributed by atoms with Crippen molar-refractivity contribution < 1.29 is 0 Å². The largest absolute Gasteiger partial charge is 0.398 e. The molecule has 0 atom stereocenters. The van der Waals surface area contributed by atoms with Crippen molar-refractivity contribution in [3.05, 3.63) is 28.8 Å². The third-order valence-electron chi connectivity index (χ3n) is 3.01. The Bertz CT molecular complexity index is 544. The molecule has 1 aromatic heterocycles. The van der Waals surface area contributed by atoms with Crippen molar-refractivity contribution in [2.45, 2.75) is 20.8 Å². The SMILES string of the molecule is Cc1ccc2nc(N)c(C)c(N)c2c1C. The Morgan fingerprint density at radius 1 is 1.00 bits per heavy atom. The van der Waals surface area contributed by atoms with Gasteiger partial charge in [-0.3, -0.25) is 0 Å². The van der Waals surface area contributed by atoms with Crippen LogP contribution in [0.3, 0.4) is 0 Å². The summed E-state index contributed by atoms with van der Waals surface area (Å²) in [6.07, 6.45) is 0. The van der Waals surface area contributed by atoms with E-state index >= 15 is 0 Å². The standard InChI is InChI=1S/C12H15N3/c1-6-4-5-9-10(7(6)2)11(13)8(3)12(14)15-9/h4-5H,1-3H3,(H4,13,14,15). The number of nitrogens with two attached hydrogens (primary N) is 2. The van der Waals surface area contributed by atoms with Gasteiger partial charge in [0, 0.05) is 16.6 Å². The highest BCUT2D eigenvalue weighted by Gasteiger charge is 2.09. The Hall–Kier alpha value is -1.77. The zero-order chi connectivity index (χ0) is 11.2. The van der Waals surface area contributed by atoms with Gasteiger partial charge in [-0.05, 0) is 38.0 Å². The van der Waals surface area contributed by atoms with Crippen LogP contribution in [0, 0.1) is 20.8 Å². The molecule has 0 aliphatic rings. The summed E-state index contributed by atoms with van der Waals surface area (Å²) < 4.78 is 0. The van der Waals surface area contributed by atoms with Crippen LogP contribution >= 0.6 is 0 Å². The van der Waals surface area contributed by atoms with E-state index in [1.54, 1.807) is 0 Å². The first-order valence-corrected chi connectivity index (χ1v) is 4.94. The average molecular weight is 201 g/mol. The first-order valence-electron chi connectivity index (χ1n) is 4.94. The van der Waals surface area contributed by atoms with Gasteiger partial charge in [0.1, 0.15) is 5.82 Å². The number of pyridine rings is 1. The van der Waals surface area contributed by atoms with Crippen LogP contribution in [-0.4, -0.2) is 4.98 Å². The minimum atomic E-state index is 0.517. The summed E-state index contributed by atoms with van der Waals surface area (Å²) in [7, 11) is 0. The van der Waals surface area contributed by atoms with Crippen LogP contribution in [-0.2, 0) is 0 Å². The third kappa shape index (κ3) is 1.31. The summed E-state index contributed by atoms with van der Waals surface area (Å²) in [6.45, 7) is 6.03. The summed E-state index contributed by atoms with van der Waals surface area (Å²) in [5.74, 6) is 0.517. The minimum Gasteiger partial charge on any atom is -0.398 e. The lowest BCUT2D eigenvalue weighted by atomic mass is 10.0. The molecule has 0 bridgehead atoms. The van der Waals surface area contributed by atoms with Gasteiger partial charge in [0.25, 0.3) is 0 Å². The second-order valence-electron chi connectivity index (χ2n) is 3.94. The van der Waals surface area contributed by atoms with E-state index in [1.807, 2.05) is 19.1 Å². The summed E-state index contributed by atoms with van der Waals surface area (Å²) in [5, 5.41) is 1.03. The van der Waals surface area contributed by atoms with Crippen LogP contribution in [0.1, 0.15) is 16.7 Å². The van der Waals surface area contributed by atoms with E-state index in [0.717, 1.165) is 22.2 Å². The molecule has 3 heteroatoms. The maximum absolute atomic E-state index is 6.07. The topological polar surface area (TPSA) is 64.9 Å². The molecular formula is C12H15N3. The summed E-state index contributed by atoms with van der Waals surface area (Å²) in [4.78, 5) is 4.34. The molecule has 0 aliphatic carbocycles. The molecular weight excluding hydrogens is 186 g/mol. The Labute approximate surface area is 89.1 Å². The third-order valence-corrected chi connectivity index (χ3v) is 3.01. The highest BCUT2D eigenvalue weighted by molar-refractivity contribution is 5.96. The van der Waals surface area contributed by atoms with Crippen LogP contribution in [0.15, 0.2) is 12.1 Å². The van der Waals surface area contributed by atoms with Crippen LogP contribution < -0.4 is 11.5 Å². The molecule has 0 spiro atoms. The van der Waals surface area contributed by atoms with Crippen molar-refractivity contribution in [3.63, 3.8) is 0 Å². The number of nitrogens with zero attached hydrogens (tertiary/aromatic N) is 1. The highest BCUT2D eigenvalue weighted by Crippen LogP contribution is 2.30. The average Bonchev–Trinajstić information content (AvgIpc) is 2.20. The van der Waals surface area contributed by atoms with E-state index < -0.39 is 0 Å². The maximum atomic E-state index is 6.07. The lowest BCUT2D eigenvalue weighted by Gasteiger charge is -2.11. The Balaban J connectivity index is 3.00. The predicted molar refractivity (Wildman–Crippen MR) is 64.8 cm³/mol. The van der Waals surface area contributed by atoms with Crippen molar-refractivity contribution in [3.8, 4) is 0 Å². The first-order chi connectivity index (χ1) is 7.02. The van der Waals surface area contributed by atoms with Crippen LogP contribution in [0.4, 0.5) is 11.5 Å². The van der Waals surface area contributed by atoms with E-state index in [4.69, 9.17) is 11.5 Å². The zero-order valence-electron chi connectivity index (χ0n) is 9.26. The van der Waals surface area contributed by atoms with Gasteiger partial charge in [0.05, 0.1) is 5.52 Å². The first kappa shape index (κ1) is 9.77. The van der Waals surface area contributed by atoms with Crippen molar-refractivity contribution >= 4 is 22.4 Å². The van der Waals surface area contributed by atoms with Crippen LogP contribution in [0.5, 0.6) is 0 Å². The number of nitrogen functional groups attached to an aromatic ring is 2. The fourth-order valence-corrected chi connectivity index (χ4v) is 1.77. The monoisotopic (exact) mass is 201 g/mol. The lowest BCUT2D eigenvalue weighted by molar-refractivity contribution is 1.31. The molecule has 4 N–H and O–H groups in total. The Morgan fingerprint density at radius 2 is 1.67 bits per heavy atom. The number of hydrogen-bond donors (Lipinski definition) is 2. The highest BCUT2D eigenvalue weighted by atomic mass is 14.8. The Kier molecular flexibility index (Phi) is 2.03. The maximum Gasteiger partial charge on any atom is 0.129 e. The molecule has 2 aromatic rings. The number of hydrogen-bond acceptors (Lipinski definition) is 3. The van der Waals surface area contributed by atoms with Gasteiger partial charge in [-0.15, -0.1) is 0 Å². The number of aryl methyl sites for hydroxylation is 2. The normalized spacial score (nSPS) is 10.9. The van der Waals surface area contributed by atoms with E-state index in [1.165, 1.54) is 11.1 Å². The predicted octanol–water partition coefficient (Wildman–Crippen LogP) is 2.32. The van der Waals surface area contributed by atoms with Gasteiger partial charge in [-0.1, -0.05) is 6.07 Å². The minimum absolute atomic E-state index is 0.517. The number of aromatic nitrogens is 1. The lowest BCUT2D eigenvalue weighted by Crippen LogP contribution is -2.02. The van der Waals surface area contributed by atoms with Gasteiger partial charge < -0.3 is 11.5 Å². The molecule has 1 heterocycles. The molecule has 0 radical (unpaired) electrons. The number of anilines is 2. The van der Waals surface area contributed by atoms with Crippen molar-refractivity contribution in [2.75, 3.05) is 11.5 Å². The van der Waals surface area contributed by atoms with Gasteiger partial charge in [-0.2, -0.15) is 0 Å². The van der Waals surface area contributed by atoms with Crippen molar-refractivity contribution in [1.29, 1.82) is 0 Å². The molecule has 0 amide bonds. The molecule has 15 heavy (non-hydrogen) atoms. The fourth-order valence-electron chi connectivity index (χ4n) is 1.77. The van der Waals surface area contributed by atoms with Crippen LogP contribution in [0.25, 0.3) is 10.9 Å². The van der Waals surface area contributed by atoms with E-state index in [-0.39, 0.29) is 0 Å². The van der Waals surface area contributed by atoms with Crippen molar-refractivity contribution in [1.82, 2.24) is 4.98 Å². The van der Waals surface area contributed by atoms with Crippen molar-refractivity contribution in [2.24, 2.45) is 0 Å². The van der Waals surface area contributed by atoms with Gasteiger partial charge in [0.2, 0.25) is 0 Å². The molecule has 0 fully saturated rings. The molecule has 3 nitrogen and oxygen atoms in total. The molecule has 0 unspecified atom stereocenters. The molecule has 1 aromatic carbocycles. The number of rotatable bonds is 0. The van der Waals surface area contributed by atoms with Gasteiger partial charge in [-0.25, -0.2) is 4.98 Å². The van der Waals surface area contributed by atoms with E-state index in [9.17, 15) is 0 Å². The molecule has 0 saturated carbocycles. The summed E-state index contributed by atoms with van der Waals surface area (Å²) >= 11 is 0. The van der Waals surface area contributed by atoms with Gasteiger partial charge in [0.15, 0.2) is 0 Å². The molecule has 78 valence electrons.